The summed E-state index contributed by atoms with van der Waals surface area (Å²) in [4.78, 5) is 15.1. The zero-order chi connectivity index (χ0) is 11.1. The third kappa shape index (κ3) is 1.59. The molecule has 0 bridgehead atoms. The van der Waals surface area contributed by atoms with E-state index in [1.807, 2.05) is 20.8 Å². The number of carbonyl (C=O) groups excluding carboxylic acids is 1. The monoisotopic (exact) mass is 200 g/mol. The SMILES string of the molecule is CCN1C(=O)N(C)C(C)(C)C[C@]1(C)O. The van der Waals surface area contributed by atoms with Crippen molar-refractivity contribution in [3.05, 3.63) is 0 Å². The first-order valence-corrected chi connectivity index (χ1v) is 5.00. The first-order valence-electron chi connectivity index (χ1n) is 5.00. The topological polar surface area (TPSA) is 43.8 Å². The summed E-state index contributed by atoms with van der Waals surface area (Å²) >= 11 is 0. The third-order valence-corrected chi connectivity index (χ3v) is 3.09. The Balaban J connectivity index is 3.01. The van der Waals surface area contributed by atoms with Crippen LogP contribution >= 0.6 is 0 Å². The molecule has 1 rings (SSSR count). The lowest BCUT2D eigenvalue weighted by molar-refractivity contribution is -0.127. The van der Waals surface area contributed by atoms with Crippen LogP contribution in [-0.4, -0.2) is 45.8 Å². The fourth-order valence-corrected chi connectivity index (χ4v) is 2.16. The first-order chi connectivity index (χ1) is 6.22. The lowest BCUT2D eigenvalue weighted by Gasteiger charge is -2.52. The van der Waals surface area contributed by atoms with Crippen molar-refractivity contribution in [1.82, 2.24) is 9.80 Å². The van der Waals surface area contributed by atoms with Crippen LogP contribution in [0.25, 0.3) is 0 Å². The van der Waals surface area contributed by atoms with Gasteiger partial charge in [0.05, 0.1) is 0 Å². The number of hydrogen-bond donors (Lipinski definition) is 1. The minimum atomic E-state index is -1.03. The summed E-state index contributed by atoms with van der Waals surface area (Å²) in [7, 11) is 1.78. The summed E-state index contributed by atoms with van der Waals surface area (Å²) in [6, 6.07) is -0.103. The van der Waals surface area contributed by atoms with Crippen molar-refractivity contribution in [3.63, 3.8) is 0 Å². The van der Waals surface area contributed by atoms with Crippen molar-refractivity contribution in [2.75, 3.05) is 13.6 Å². The van der Waals surface area contributed by atoms with Crippen molar-refractivity contribution >= 4 is 6.03 Å². The fraction of sp³-hybridized carbons (Fsp3) is 0.900. The quantitative estimate of drug-likeness (QED) is 0.692. The van der Waals surface area contributed by atoms with Crippen molar-refractivity contribution in [2.45, 2.75) is 45.4 Å². The Kier molecular flexibility index (Phi) is 2.52. The van der Waals surface area contributed by atoms with E-state index in [9.17, 15) is 9.90 Å². The molecule has 0 aromatic rings. The number of carbonyl (C=O) groups is 1. The third-order valence-electron chi connectivity index (χ3n) is 3.09. The number of aliphatic hydroxyl groups is 1. The molecule has 14 heavy (non-hydrogen) atoms. The van der Waals surface area contributed by atoms with Gasteiger partial charge < -0.3 is 10.0 Å². The molecule has 2 amide bonds. The Labute approximate surface area is 85.5 Å². The van der Waals surface area contributed by atoms with Crippen molar-refractivity contribution in [3.8, 4) is 0 Å². The predicted molar refractivity (Wildman–Crippen MR) is 54.9 cm³/mol. The summed E-state index contributed by atoms with van der Waals surface area (Å²) in [5.41, 5.74) is -1.31. The maximum Gasteiger partial charge on any atom is 0.322 e. The molecule has 0 aromatic carbocycles. The normalized spacial score (nSPS) is 32.3. The van der Waals surface area contributed by atoms with Gasteiger partial charge in [-0.25, -0.2) is 4.79 Å². The van der Waals surface area contributed by atoms with Gasteiger partial charge in [-0.2, -0.15) is 0 Å². The second-order valence-corrected chi connectivity index (χ2v) is 4.79. The van der Waals surface area contributed by atoms with E-state index in [1.165, 1.54) is 4.90 Å². The second-order valence-electron chi connectivity index (χ2n) is 4.79. The maximum atomic E-state index is 11.9. The maximum absolute atomic E-state index is 11.9. The van der Waals surface area contributed by atoms with Crippen LogP contribution in [0.4, 0.5) is 4.79 Å². The zero-order valence-corrected chi connectivity index (χ0v) is 9.66. The number of urea groups is 1. The van der Waals surface area contributed by atoms with Crippen LogP contribution in [0, 0.1) is 0 Å². The lowest BCUT2D eigenvalue weighted by atomic mass is 9.88. The molecular formula is C10H20N2O2. The number of hydrogen-bond acceptors (Lipinski definition) is 2. The molecule has 0 spiro atoms. The molecule has 4 heteroatoms. The molecule has 1 heterocycles. The molecule has 0 aromatic heterocycles. The highest BCUT2D eigenvalue weighted by atomic mass is 16.3. The Morgan fingerprint density at radius 1 is 1.43 bits per heavy atom. The van der Waals surface area contributed by atoms with E-state index in [2.05, 4.69) is 0 Å². The molecule has 1 aliphatic rings. The van der Waals surface area contributed by atoms with Gasteiger partial charge in [-0.15, -0.1) is 0 Å². The van der Waals surface area contributed by atoms with E-state index in [4.69, 9.17) is 0 Å². The molecule has 1 fully saturated rings. The molecule has 0 aliphatic carbocycles. The highest BCUT2D eigenvalue weighted by Gasteiger charge is 2.47. The number of rotatable bonds is 1. The summed E-state index contributed by atoms with van der Waals surface area (Å²) in [5.74, 6) is 0. The Bertz CT molecular complexity index is 249. The average Bonchev–Trinajstić information content (AvgIpc) is 1.99. The largest absolute Gasteiger partial charge is 0.371 e. The van der Waals surface area contributed by atoms with Gasteiger partial charge >= 0.3 is 6.03 Å². The van der Waals surface area contributed by atoms with Gasteiger partial charge in [-0.3, -0.25) is 4.90 Å². The van der Waals surface area contributed by atoms with Crippen LogP contribution < -0.4 is 0 Å². The molecule has 1 aliphatic heterocycles. The molecule has 0 unspecified atom stereocenters. The smallest absolute Gasteiger partial charge is 0.322 e. The van der Waals surface area contributed by atoms with Crippen LogP contribution in [0.15, 0.2) is 0 Å². The first kappa shape index (κ1) is 11.3. The zero-order valence-electron chi connectivity index (χ0n) is 9.66. The molecule has 0 saturated carbocycles. The van der Waals surface area contributed by atoms with Gasteiger partial charge in [0, 0.05) is 25.6 Å². The van der Waals surface area contributed by atoms with Crippen molar-refractivity contribution in [2.24, 2.45) is 0 Å². The second kappa shape index (κ2) is 3.12. The molecule has 4 nitrogen and oxygen atoms in total. The number of amides is 2. The van der Waals surface area contributed by atoms with Crippen LogP contribution in [0.5, 0.6) is 0 Å². The predicted octanol–water partition coefficient (Wildman–Crippen LogP) is 1.25. The molecule has 0 radical (unpaired) electrons. The molecule has 1 saturated heterocycles. The fourth-order valence-electron chi connectivity index (χ4n) is 2.16. The van der Waals surface area contributed by atoms with Gasteiger partial charge in [-0.05, 0) is 27.7 Å². The summed E-state index contributed by atoms with van der Waals surface area (Å²) in [6.07, 6.45) is 0.566. The standard InChI is InChI=1S/C10H20N2O2/c1-6-12-8(13)11(5)9(2,3)7-10(12,4)14/h14H,6-7H2,1-5H3/t10-/m0/s1. The van der Waals surface area contributed by atoms with E-state index >= 15 is 0 Å². The van der Waals surface area contributed by atoms with E-state index in [1.54, 1.807) is 18.9 Å². The Morgan fingerprint density at radius 2 is 1.93 bits per heavy atom. The van der Waals surface area contributed by atoms with Crippen LogP contribution in [0.3, 0.4) is 0 Å². The molecule has 1 atom stereocenters. The van der Waals surface area contributed by atoms with E-state index in [0.29, 0.717) is 13.0 Å². The highest BCUT2D eigenvalue weighted by molar-refractivity contribution is 5.76. The summed E-state index contributed by atoms with van der Waals surface area (Å²) < 4.78 is 0. The summed E-state index contributed by atoms with van der Waals surface area (Å²) in [5, 5.41) is 10.1. The van der Waals surface area contributed by atoms with Crippen LogP contribution in [0.2, 0.25) is 0 Å². The Morgan fingerprint density at radius 3 is 2.36 bits per heavy atom. The van der Waals surface area contributed by atoms with E-state index in [0.717, 1.165) is 0 Å². The minimum absolute atomic E-state index is 0.103. The highest BCUT2D eigenvalue weighted by Crippen LogP contribution is 2.34. The van der Waals surface area contributed by atoms with Crippen molar-refractivity contribution in [1.29, 1.82) is 0 Å². The van der Waals surface area contributed by atoms with Gasteiger partial charge in [0.25, 0.3) is 0 Å². The Hall–Kier alpha value is -0.770. The lowest BCUT2D eigenvalue weighted by Crippen LogP contribution is -2.66. The van der Waals surface area contributed by atoms with Gasteiger partial charge in [0.1, 0.15) is 5.72 Å². The number of nitrogens with zero attached hydrogens (tertiary/aromatic N) is 2. The molecular weight excluding hydrogens is 180 g/mol. The van der Waals surface area contributed by atoms with E-state index < -0.39 is 5.72 Å². The minimum Gasteiger partial charge on any atom is -0.371 e. The average molecular weight is 200 g/mol. The van der Waals surface area contributed by atoms with Crippen LogP contribution in [-0.2, 0) is 0 Å². The van der Waals surface area contributed by atoms with Gasteiger partial charge in [-0.1, -0.05) is 0 Å². The van der Waals surface area contributed by atoms with Crippen molar-refractivity contribution < 1.29 is 9.90 Å². The van der Waals surface area contributed by atoms with Crippen LogP contribution in [0.1, 0.15) is 34.1 Å². The molecule has 82 valence electrons. The summed E-state index contributed by atoms with van der Waals surface area (Å²) in [6.45, 7) is 8.03. The van der Waals surface area contributed by atoms with Gasteiger partial charge in [0.2, 0.25) is 0 Å². The van der Waals surface area contributed by atoms with Gasteiger partial charge in [0.15, 0.2) is 0 Å². The molecule has 1 N–H and O–H groups in total. The van der Waals surface area contributed by atoms with E-state index in [-0.39, 0.29) is 11.6 Å².